The van der Waals surface area contributed by atoms with Crippen molar-refractivity contribution in [1.29, 1.82) is 0 Å². The predicted molar refractivity (Wildman–Crippen MR) is 78.4 cm³/mol. The van der Waals surface area contributed by atoms with Crippen LogP contribution in [-0.2, 0) is 0 Å². The molecule has 1 heterocycles. The van der Waals surface area contributed by atoms with Crippen LogP contribution in [0, 0.1) is 0 Å². The van der Waals surface area contributed by atoms with Crippen LogP contribution in [0.5, 0.6) is 0 Å². The van der Waals surface area contributed by atoms with E-state index in [2.05, 4.69) is 5.32 Å². The first-order chi connectivity index (χ1) is 8.68. The Balaban J connectivity index is 2.14. The molecular formula is C14H20N2OS. The number of benzene rings is 1. The molecular weight excluding hydrogens is 244 g/mol. The van der Waals surface area contributed by atoms with Crippen LogP contribution < -0.4 is 5.32 Å². The number of rotatable bonds is 3. The zero-order valence-electron chi connectivity index (χ0n) is 11.0. The number of anilines is 1. The molecule has 98 valence electrons. The molecule has 0 aromatic heterocycles. The largest absolute Gasteiger partial charge is 0.381 e. The second-order valence-electron chi connectivity index (χ2n) is 4.80. The van der Waals surface area contributed by atoms with Gasteiger partial charge in [-0.3, -0.25) is 4.79 Å². The van der Waals surface area contributed by atoms with Crippen LogP contribution in [0.25, 0.3) is 0 Å². The van der Waals surface area contributed by atoms with Crippen molar-refractivity contribution in [2.75, 3.05) is 30.9 Å². The molecule has 1 saturated heterocycles. The Kier molecular flexibility index (Phi) is 4.53. The molecule has 4 heteroatoms. The Morgan fingerprint density at radius 1 is 1.39 bits per heavy atom. The topological polar surface area (TPSA) is 32.3 Å². The summed E-state index contributed by atoms with van der Waals surface area (Å²) < 4.78 is 0. The molecule has 1 aliphatic heterocycles. The molecule has 0 radical (unpaired) electrons. The van der Waals surface area contributed by atoms with Gasteiger partial charge in [0.15, 0.2) is 0 Å². The quantitative estimate of drug-likeness (QED) is 0.911. The van der Waals surface area contributed by atoms with Gasteiger partial charge >= 0.3 is 0 Å². The highest BCUT2D eigenvalue weighted by atomic mass is 32.2. The highest BCUT2D eigenvalue weighted by molar-refractivity contribution is 7.99. The molecule has 1 aromatic rings. The van der Waals surface area contributed by atoms with Crippen LogP contribution in [-0.4, -0.2) is 42.4 Å². The zero-order valence-corrected chi connectivity index (χ0v) is 11.8. The van der Waals surface area contributed by atoms with Gasteiger partial charge in [-0.2, -0.15) is 11.8 Å². The molecule has 2 rings (SSSR count). The van der Waals surface area contributed by atoms with Crippen molar-refractivity contribution in [1.82, 2.24) is 4.90 Å². The fraction of sp³-hybridized carbons (Fsp3) is 0.500. The number of carbonyl (C=O) groups is 1. The molecule has 1 N–H and O–H groups in total. The highest BCUT2D eigenvalue weighted by Gasteiger charge is 2.17. The lowest BCUT2D eigenvalue weighted by Crippen LogP contribution is -2.28. The Bertz CT molecular complexity index is 414. The maximum absolute atomic E-state index is 12.1. The lowest BCUT2D eigenvalue weighted by Gasteiger charge is -2.25. The van der Waals surface area contributed by atoms with E-state index in [4.69, 9.17) is 0 Å². The molecule has 3 nitrogen and oxygen atoms in total. The van der Waals surface area contributed by atoms with Gasteiger partial charge in [-0.05, 0) is 30.7 Å². The predicted octanol–water partition coefficient (Wildman–Crippen LogP) is 2.70. The summed E-state index contributed by atoms with van der Waals surface area (Å²) in [5, 5.41) is 3.52. The van der Waals surface area contributed by atoms with E-state index in [-0.39, 0.29) is 5.91 Å². The third-order valence-electron chi connectivity index (χ3n) is 3.08. The number of nitrogens with zero attached hydrogens (tertiary/aromatic N) is 1. The summed E-state index contributed by atoms with van der Waals surface area (Å²) in [5.74, 6) is 2.45. The van der Waals surface area contributed by atoms with Gasteiger partial charge < -0.3 is 10.2 Å². The molecule has 0 bridgehead atoms. The molecule has 0 spiro atoms. The van der Waals surface area contributed by atoms with Crippen molar-refractivity contribution < 1.29 is 4.79 Å². The van der Waals surface area contributed by atoms with Crippen molar-refractivity contribution in [2.45, 2.75) is 18.9 Å². The summed E-state index contributed by atoms with van der Waals surface area (Å²) in [5.41, 5.74) is 1.72. The van der Waals surface area contributed by atoms with Gasteiger partial charge in [0.25, 0.3) is 5.91 Å². The van der Waals surface area contributed by atoms with Crippen molar-refractivity contribution in [3.8, 4) is 0 Å². The first-order valence-electron chi connectivity index (χ1n) is 6.33. The SMILES string of the molecule is CN(C)C(=O)c1ccccc1NC1CCCSC1. The van der Waals surface area contributed by atoms with E-state index in [0.29, 0.717) is 6.04 Å². The summed E-state index contributed by atoms with van der Waals surface area (Å²) in [6.45, 7) is 0. The molecule has 0 saturated carbocycles. The zero-order chi connectivity index (χ0) is 13.0. The van der Waals surface area contributed by atoms with E-state index in [9.17, 15) is 4.79 Å². The first kappa shape index (κ1) is 13.3. The standard InChI is InChI=1S/C14H20N2OS/c1-16(2)14(17)12-7-3-4-8-13(12)15-11-6-5-9-18-10-11/h3-4,7-8,11,15H,5-6,9-10H2,1-2H3. The molecule has 1 fully saturated rings. The van der Waals surface area contributed by atoms with Gasteiger partial charge in [-0.1, -0.05) is 12.1 Å². The third-order valence-corrected chi connectivity index (χ3v) is 4.30. The smallest absolute Gasteiger partial charge is 0.255 e. The number of hydrogen-bond acceptors (Lipinski definition) is 3. The number of nitrogens with one attached hydrogen (secondary N) is 1. The lowest BCUT2D eigenvalue weighted by molar-refractivity contribution is 0.0828. The number of para-hydroxylation sites is 1. The van der Waals surface area contributed by atoms with Crippen molar-refractivity contribution >= 4 is 23.4 Å². The van der Waals surface area contributed by atoms with Gasteiger partial charge in [0.1, 0.15) is 0 Å². The Labute approximate surface area is 113 Å². The van der Waals surface area contributed by atoms with E-state index in [1.807, 2.05) is 36.0 Å². The van der Waals surface area contributed by atoms with E-state index in [1.54, 1.807) is 19.0 Å². The molecule has 0 aliphatic carbocycles. The van der Waals surface area contributed by atoms with E-state index in [0.717, 1.165) is 17.0 Å². The Hall–Kier alpha value is -1.16. The second kappa shape index (κ2) is 6.14. The summed E-state index contributed by atoms with van der Waals surface area (Å²) in [7, 11) is 3.57. The summed E-state index contributed by atoms with van der Waals surface area (Å²) in [6.07, 6.45) is 2.45. The maximum atomic E-state index is 12.1. The van der Waals surface area contributed by atoms with Crippen LogP contribution in [0.15, 0.2) is 24.3 Å². The fourth-order valence-electron chi connectivity index (χ4n) is 2.11. The number of hydrogen-bond donors (Lipinski definition) is 1. The van der Waals surface area contributed by atoms with E-state index >= 15 is 0 Å². The molecule has 1 aliphatic rings. The van der Waals surface area contributed by atoms with E-state index in [1.165, 1.54) is 18.6 Å². The molecule has 18 heavy (non-hydrogen) atoms. The van der Waals surface area contributed by atoms with Gasteiger partial charge in [-0.15, -0.1) is 0 Å². The van der Waals surface area contributed by atoms with Crippen LogP contribution >= 0.6 is 11.8 Å². The normalized spacial score (nSPS) is 19.3. The minimum absolute atomic E-state index is 0.0570. The molecule has 1 amide bonds. The monoisotopic (exact) mass is 264 g/mol. The Morgan fingerprint density at radius 2 is 2.17 bits per heavy atom. The molecule has 1 atom stereocenters. The van der Waals surface area contributed by atoms with Gasteiger partial charge in [0, 0.05) is 31.6 Å². The fourth-order valence-corrected chi connectivity index (χ4v) is 3.18. The molecule has 1 unspecified atom stereocenters. The minimum atomic E-state index is 0.0570. The van der Waals surface area contributed by atoms with Gasteiger partial charge in [0.2, 0.25) is 0 Å². The number of amides is 1. The summed E-state index contributed by atoms with van der Waals surface area (Å²) >= 11 is 1.98. The number of thioether (sulfide) groups is 1. The first-order valence-corrected chi connectivity index (χ1v) is 7.49. The van der Waals surface area contributed by atoms with Crippen LogP contribution in [0.1, 0.15) is 23.2 Å². The average molecular weight is 264 g/mol. The van der Waals surface area contributed by atoms with Crippen molar-refractivity contribution in [3.05, 3.63) is 29.8 Å². The molecule has 1 aromatic carbocycles. The van der Waals surface area contributed by atoms with Crippen LogP contribution in [0.4, 0.5) is 5.69 Å². The van der Waals surface area contributed by atoms with Crippen LogP contribution in [0.2, 0.25) is 0 Å². The third kappa shape index (κ3) is 3.19. The highest BCUT2D eigenvalue weighted by Crippen LogP contribution is 2.23. The summed E-state index contributed by atoms with van der Waals surface area (Å²) in [6, 6.07) is 8.26. The maximum Gasteiger partial charge on any atom is 0.255 e. The van der Waals surface area contributed by atoms with Crippen molar-refractivity contribution in [2.24, 2.45) is 0 Å². The van der Waals surface area contributed by atoms with Crippen LogP contribution in [0.3, 0.4) is 0 Å². The summed E-state index contributed by atoms with van der Waals surface area (Å²) in [4.78, 5) is 13.7. The number of carbonyl (C=O) groups excluding carboxylic acids is 1. The minimum Gasteiger partial charge on any atom is -0.381 e. The van der Waals surface area contributed by atoms with Gasteiger partial charge in [-0.25, -0.2) is 0 Å². The Morgan fingerprint density at radius 3 is 2.83 bits per heavy atom. The van der Waals surface area contributed by atoms with E-state index < -0.39 is 0 Å². The lowest BCUT2D eigenvalue weighted by atomic mass is 10.1. The van der Waals surface area contributed by atoms with Crippen molar-refractivity contribution in [3.63, 3.8) is 0 Å². The average Bonchev–Trinajstić information content (AvgIpc) is 2.39. The van der Waals surface area contributed by atoms with Gasteiger partial charge in [0.05, 0.1) is 5.56 Å². The second-order valence-corrected chi connectivity index (χ2v) is 5.95.